The smallest absolute Gasteiger partial charge is 0.327 e. The van der Waals surface area contributed by atoms with Crippen LogP contribution in [0, 0.1) is 0 Å². The van der Waals surface area contributed by atoms with Crippen LogP contribution >= 0.6 is 11.8 Å². The molecule has 6 heteroatoms. The molecule has 1 N–H and O–H groups in total. The number of amides is 2. The van der Waals surface area contributed by atoms with Crippen LogP contribution in [-0.2, 0) is 17.8 Å². The van der Waals surface area contributed by atoms with E-state index in [2.05, 4.69) is 6.07 Å². The molecule has 1 aromatic carbocycles. The Hall–Kier alpha value is -1.69. The fourth-order valence-electron chi connectivity index (χ4n) is 2.95. The lowest BCUT2D eigenvalue weighted by Gasteiger charge is -2.35. The van der Waals surface area contributed by atoms with Crippen LogP contribution in [0.2, 0.25) is 0 Å². The number of hydrogen-bond donors (Lipinski definition) is 1. The summed E-state index contributed by atoms with van der Waals surface area (Å²) in [6.07, 6.45) is 0.828. The molecule has 2 amide bonds. The van der Waals surface area contributed by atoms with Gasteiger partial charge in [-0.25, -0.2) is 9.59 Å². The number of rotatable bonds is 1. The number of carboxylic acids is 1. The second-order valence-electron chi connectivity index (χ2n) is 5.42. The molecule has 0 radical (unpaired) electrons. The molecule has 0 aromatic heterocycles. The molecule has 1 fully saturated rings. The number of thioether (sulfide) groups is 1. The predicted octanol–water partition coefficient (Wildman–Crippen LogP) is 2.01. The third kappa shape index (κ3) is 2.60. The first-order valence-electron chi connectivity index (χ1n) is 7.06. The minimum Gasteiger partial charge on any atom is -0.480 e. The van der Waals surface area contributed by atoms with Gasteiger partial charge >= 0.3 is 12.0 Å². The van der Waals surface area contributed by atoms with Gasteiger partial charge in [-0.15, -0.1) is 11.8 Å². The third-order valence-corrected chi connectivity index (χ3v) is 5.35. The van der Waals surface area contributed by atoms with E-state index in [1.807, 2.05) is 25.1 Å². The van der Waals surface area contributed by atoms with E-state index >= 15 is 0 Å². The highest BCUT2D eigenvalue weighted by atomic mass is 32.2. The van der Waals surface area contributed by atoms with Crippen LogP contribution in [0.15, 0.2) is 24.3 Å². The molecule has 2 aliphatic rings. The normalized spacial score (nSPS) is 24.8. The zero-order valence-corrected chi connectivity index (χ0v) is 12.7. The van der Waals surface area contributed by atoms with E-state index in [9.17, 15) is 14.7 Å². The van der Waals surface area contributed by atoms with Crippen molar-refractivity contribution in [2.75, 3.05) is 12.3 Å². The Morgan fingerprint density at radius 3 is 2.71 bits per heavy atom. The molecule has 1 saturated heterocycles. The van der Waals surface area contributed by atoms with Crippen LogP contribution in [-0.4, -0.2) is 50.6 Å². The number of hydrogen-bond acceptors (Lipinski definition) is 3. The number of carbonyl (C=O) groups is 2. The molecule has 112 valence electrons. The van der Waals surface area contributed by atoms with Crippen molar-refractivity contribution in [1.82, 2.24) is 9.80 Å². The van der Waals surface area contributed by atoms with Crippen molar-refractivity contribution in [3.63, 3.8) is 0 Å². The predicted molar refractivity (Wildman–Crippen MR) is 81.1 cm³/mol. The molecular formula is C15H18N2O3S. The summed E-state index contributed by atoms with van der Waals surface area (Å²) >= 11 is 1.52. The maximum atomic E-state index is 12.7. The number of urea groups is 1. The number of nitrogens with zero attached hydrogens (tertiary/aromatic N) is 2. The first kappa shape index (κ1) is 14.3. The van der Waals surface area contributed by atoms with Crippen LogP contribution < -0.4 is 0 Å². The quantitative estimate of drug-likeness (QED) is 0.862. The zero-order chi connectivity index (χ0) is 15.0. The minimum atomic E-state index is -0.919. The Bertz CT molecular complexity index is 578. The van der Waals surface area contributed by atoms with Gasteiger partial charge in [0.1, 0.15) is 6.04 Å². The first-order valence-corrected chi connectivity index (χ1v) is 8.11. The van der Waals surface area contributed by atoms with Gasteiger partial charge in [0.05, 0.1) is 5.37 Å². The SMILES string of the molecule is CC1SCC(C(=O)O)N1C(=O)N1CCc2ccccc2C1. The van der Waals surface area contributed by atoms with E-state index in [1.165, 1.54) is 22.2 Å². The first-order chi connectivity index (χ1) is 10.1. The molecule has 2 atom stereocenters. The summed E-state index contributed by atoms with van der Waals surface area (Å²) in [7, 11) is 0. The molecule has 5 nitrogen and oxygen atoms in total. The maximum Gasteiger partial charge on any atom is 0.327 e. The van der Waals surface area contributed by atoms with Gasteiger partial charge in [-0.2, -0.15) is 0 Å². The fraction of sp³-hybridized carbons (Fsp3) is 0.467. The van der Waals surface area contributed by atoms with Crippen LogP contribution in [0.4, 0.5) is 4.79 Å². The number of carboxylic acid groups (broad SMARTS) is 1. The summed E-state index contributed by atoms with van der Waals surface area (Å²) < 4.78 is 0. The highest BCUT2D eigenvalue weighted by Crippen LogP contribution is 2.31. The van der Waals surface area contributed by atoms with E-state index in [0.29, 0.717) is 18.8 Å². The van der Waals surface area contributed by atoms with E-state index < -0.39 is 12.0 Å². The second-order valence-corrected chi connectivity index (χ2v) is 6.77. The number of aliphatic carboxylic acids is 1. The Morgan fingerprint density at radius 2 is 2.00 bits per heavy atom. The summed E-state index contributed by atoms with van der Waals surface area (Å²) in [5.41, 5.74) is 2.43. The molecule has 3 rings (SSSR count). The minimum absolute atomic E-state index is 0.0872. The van der Waals surface area contributed by atoms with Crippen molar-refractivity contribution in [2.45, 2.75) is 31.3 Å². The van der Waals surface area contributed by atoms with Crippen molar-refractivity contribution < 1.29 is 14.7 Å². The monoisotopic (exact) mass is 306 g/mol. The zero-order valence-electron chi connectivity index (χ0n) is 11.9. The van der Waals surface area contributed by atoms with Gasteiger partial charge in [-0.3, -0.25) is 4.90 Å². The highest BCUT2D eigenvalue weighted by molar-refractivity contribution is 8.00. The Kier molecular flexibility index (Phi) is 3.80. The average Bonchev–Trinajstić information content (AvgIpc) is 2.88. The van der Waals surface area contributed by atoms with Gasteiger partial charge < -0.3 is 10.0 Å². The fourth-order valence-corrected chi connectivity index (χ4v) is 4.11. The number of fused-ring (bicyclic) bond motifs is 1. The number of carbonyl (C=O) groups excluding carboxylic acids is 1. The van der Waals surface area contributed by atoms with E-state index in [1.54, 1.807) is 4.90 Å². The second kappa shape index (κ2) is 5.60. The molecule has 1 aromatic rings. The Labute approximate surface area is 127 Å². The van der Waals surface area contributed by atoms with Gasteiger partial charge in [0.2, 0.25) is 0 Å². The largest absolute Gasteiger partial charge is 0.480 e. The molecule has 2 unspecified atom stereocenters. The highest BCUT2D eigenvalue weighted by Gasteiger charge is 2.41. The van der Waals surface area contributed by atoms with Gasteiger partial charge in [0.15, 0.2) is 0 Å². The summed E-state index contributed by atoms with van der Waals surface area (Å²) in [4.78, 5) is 27.3. The van der Waals surface area contributed by atoms with Gasteiger partial charge in [-0.05, 0) is 24.5 Å². The van der Waals surface area contributed by atoms with Gasteiger partial charge in [-0.1, -0.05) is 24.3 Å². The summed E-state index contributed by atoms with van der Waals surface area (Å²) in [5.74, 6) is -0.454. The molecule has 2 heterocycles. The van der Waals surface area contributed by atoms with Crippen molar-refractivity contribution in [3.8, 4) is 0 Å². The molecule has 21 heavy (non-hydrogen) atoms. The van der Waals surface area contributed by atoms with Crippen LogP contribution in [0.25, 0.3) is 0 Å². The third-order valence-electron chi connectivity index (χ3n) is 4.13. The summed E-state index contributed by atoms with van der Waals surface area (Å²) in [6, 6.07) is 7.23. The maximum absolute atomic E-state index is 12.7. The Morgan fingerprint density at radius 1 is 1.29 bits per heavy atom. The lowest BCUT2D eigenvalue weighted by molar-refractivity contribution is -0.141. The van der Waals surface area contributed by atoms with E-state index in [0.717, 1.165) is 12.0 Å². The lowest BCUT2D eigenvalue weighted by atomic mass is 10.0. The van der Waals surface area contributed by atoms with Crippen LogP contribution in [0.1, 0.15) is 18.1 Å². The van der Waals surface area contributed by atoms with Gasteiger partial charge in [0.25, 0.3) is 0 Å². The van der Waals surface area contributed by atoms with Gasteiger partial charge in [0, 0.05) is 18.8 Å². The van der Waals surface area contributed by atoms with Crippen LogP contribution in [0.3, 0.4) is 0 Å². The Balaban J connectivity index is 1.78. The summed E-state index contributed by atoms with van der Waals surface area (Å²) in [5, 5.41) is 9.19. The molecule has 0 saturated carbocycles. The summed E-state index contributed by atoms with van der Waals surface area (Å²) in [6.45, 7) is 3.11. The van der Waals surface area contributed by atoms with Crippen molar-refractivity contribution in [1.29, 1.82) is 0 Å². The lowest BCUT2D eigenvalue weighted by Crippen LogP contribution is -2.52. The van der Waals surface area contributed by atoms with Crippen LogP contribution in [0.5, 0.6) is 0 Å². The standard InChI is InChI=1S/C15H18N2O3S/c1-10-17(13(9-21-10)14(18)19)15(20)16-7-6-11-4-2-3-5-12(11)8-16/h2-5,10,13H,6-9H2,1H3,(H,18,19). The van der Waals surface area contributed by atoms with Crippen molar-refractivity contribution in [2.24, 2.45) is 0 Å². The molecular weight excluding hydrogens is 288 g/mol. The van der Waals surface area contributed by atoms with E-state index in [4.69, 9.17) is 0 Å². The van der Waals surface area contributed by atoms with E-state index in [-0.39, 0.29) is 11.4 Å². The number of benzene rings is 1. The molecule has 0 spiro atoms. The van der Waals surface area contributed by atoms with Crippen molar-refractivity contribution >= 4 is 23.8 Å². The molecule has 0 bridgehead atoms. The van der Waals surface area contributed by atoms with Crippen molar-refractivity contribution in [3.05, 3.63) is 35.4 Å². The molecule has 0 aliphatic carbocycles. The average molecular weight is 306 g/mol. The topological polar surface area (TPSA) is 60.9 Å². The molecule has 2 aliphatic heterocycles.